The van der Waals surface area contributed by atoms with Gasteiger partial charge in [-0.3, -0.25) is 9.80 Å². The predicted molar refractivity (Wildman–Crippen MR) is 104 cm³/mol. The molecule has 0 amide bonds. The number of hydrogen-bond donors (Lipinski definition) is 1. The van der Waals surface area contributed by atoms with Gasteiger partial charge in [0.25, 0.3) is 0 Å². The van der Waals surface area contributed by atoms with Crippen LogP contribution in [-0.2, 0) is 6.54 Å². The quantitative estimate of drug-likeness (QED) is 0.808. The monoisotopic (exact) mass is 362 g/mol. The third-order valence-corrected chi connectivity index (χ3v) is 6.00. The molecule has 1 N–H and O–H groups in total. The van der Waals surface area contributed by atoms with Crippen molar-refractivity contribution in [2.24, 2.45) is 0 Å². The van der Waals surface area contributed by atoms with Gasteiger partial charge in [0.05, 0.1) is 14.2 Å². The smallest absolute Gasteiger partial charge is 0.123 e. The van der Waals surface area contributed by atoms with Crippen LogP contribution < -0.4 is 9.47 Å². The Hall–Kier alpha value is -1.30. The van der Waals surface area contributed by atoms with E-state index in [4.69, 9.17) is 9.47 Å². The lowest BCUT2D eigenvalue weighted by Gasteiger charge is -2.46. The number of aliphatic hydroxyl groups is 1. The maximum atomic E-state index is 9.58. The fourth-order valence-corrected chi connectivity index (χ4v) is 4.62. The summed E-state index contributed by atoms with van der Waals surface area (Å²) in [6, 6.07) is 7.17. The van der Waals surface area contributed by atoms with Gasteiger partial charge in [-0.1, -0.05) is 19.3 Å². The standard InChI is InChI=1S/C21H34N2O3/c1-25-20-8-9-21(26-2)17(14-20)15-22-11-12-23(19(16-22)10-13-24)18-6-4-3-5-7-18/h8-9,14,18-19,24H,3-7,10-13,15-16H2,1-2H3. The van der Waals surface area contributed by atoms with Crippen LogP contribution in [0.1, 0.15) is 44.1 Å². The van der Waals surface area contributed by atoms with Crippen LogP contribution >= 0.6 is 0 Å². The zero-order valence-electron chi connectivity index (χ0n) is 16.3. The molecule has 1 atom stereocenters. The molecule has 5 heteroatoms. The number of nitrogens with zero attached hydrogens (tertiary/aromatic N) is 2. The Bertz CT molecular complexity index is 560. The molecule has 1 saturated heterocycles. The number of methoxy groups -OCH3 is 2. The molecule has 1 saturated carbocycles. The van der Waals surface area contributed by atoms with Gasteiger partial charge in [0.1, 0.15) is 11.5 Å². The van der Waals surface area contributed by atoms with Crippen molar-refractivity contribution < 1.29 is 14.6 Å². The molecular weight excluding hydrogens is 328 g/mol. The summed E-state index contributed by atoms with van der Waals surface area (Å²) in [6.07, 6.45) is 7.62. The van der Waals surface area contributed by atoms with Crippen molar-refractivity contribution in [1.29, 1.82) is 0 Å². The lowest BCUT2D eigenvalue weighted by Crippen LogP contribution is -2.56. The Morgan fingerprint density at radius 2 is 1.88 bits per heavy atom. The normalized spacial score (nSPS) is 23.1. The Labute approximate surface area is 157 Å². The second-order valence-electron chi connectivity index (χ2n) is 7.61. The van der Waals surface area contributed by atoms with E-state index in [0.29, 0.717) is 12.1 Å². The number of hydrogen-bond acceptors (Lipinski definition) is 5. The maximum absolute atomic E-state index is 9.58. The zero-order chi connectivity index (χ0) is 18.4. The van der Waals surface area contributed by atoms with Crippen LogP contribution in [0.5, 0.6) is 11.5 Å². The molecule has 1 unspecified atom stereocenters. The number of aliphatic hydroxyl groups excluding tert-OH is 1. The molecule has 0 radical (unpaired) electrons. The number of piperazine rings is 1. The van der Waals surface area contributed by atoms with Crippen molar-refractivity contribution in [2.75, 3.05) is 40.5 Å². The van der Waals surface area contributed by atoms with Crippen LogP contribution in [0, 0.1) is 0 Å². The van der Waals surface area contributed by atoms with Crippen molar-refractivity contribution in [3.8, 4) is 11.5 Å². The summed E-state index contributed by atoms with van der Waals surface area (Å²) in [4.78, 5) is 5.19. The molecule has 26 heavy (non-hydrogen) atoms. The summed E-state index contributed by atoms with van der Waals surface area (Å²) in [6.45, 7) is 4.31. The third kappa shape index (κ3) is 4.70. The van der Waals surface area contributed by atoms with Gasteiger partial charge in [-0.15, -0.1) is 0 Å². The highest BCUT2D eigenvalue weighted by atomic mass is 16.5. The van der Waals surface area contributed by atoms with Crippen molar-refractivity contribution in [2.45, 2.75) is 57.2 Å². The van der Waals surface area contributed by atoms with Crippen LogP contribution in [0.4, 0.5) is 0 Å². The highest BCUT2D eigenvalue weighted by molar-refractivity contribution is 5.40. The lowest BCUT2D eigenvalue weighted by atomic mass is 9.91. The second-order valence-corrected chi connectivity index (χ2v) is 7.61. The molecule has 0 bridgehead atoms. The Morgan fingerprint density at radius 3 is 2.58 bits per heavy atom. The summed E-state index contributed by atoms with van der Waals surface area (Å²) in [7, 11) is 3.42. The van der Waals surface area contributed by atoms with Crippen molar-refractivity contribution in [3.05, 3.63) is 23.8 Å². The minimum atomic E-state index is 0.268. The van der Waals surface area contributed by atoms with Gasteiger partial charge >= 0.3 is 0 Å². The summed E-state index contributed by atoms with van der Waals surface area (Å²) in [5.41, 5.74) is 1.17. The summed E-state index contributed by atoms with van der Waals surface area (Å²) in [5.74, 6) is 1.78. The summed E-state index contributed by atoms with van der Waals surface area (Å²) >= 11 is 0. The average Bonchev–Trinajstić information content (AvgIpc) is 2.69. The predicted octanol–water partition coefficient (Wildman–Crippen LogP) is 2.91. The van der Waals surface area contributed by atoms with Crippen LogP contribution in [0.25, 0.3) is 0 Å². The maximum Gasteiger partial charge on any atom is 0.123 e. The molecule has 5 nitrogen and oxygen atoms in total. The first kappa shape index (κ1) is 19.5. The molecule has 1 aromatic carbocycles. The Morgan fingerprint density at radius 1 is 1.08 bits per heavy atom. The van der Waals surface area contributed by atoms with Crippen LogP contribution in [-0.4, -0.2) is 67.5 Å². The molecule has 146 valence electrons. The van der Waals surface area contributed by atoms with E-state index < -0.39 is 0 Å². The first-order chi connectivity index (χ1) is 12.7. The highest BCUT2D eigenvalue weighted by Crippen LogP contribution is 2.29. The Balaban J connectivity index is 1.67. The molecular formula is C21H34N2O3. The van der Waals surface area contributed by atoms with Crippen LogP contribution in [0.2, 0.25) is 0 Å². The summed E-state index contributed by atoms with van der Waals surface area (Å²) < 4.78 is 10.9. The van der Waals surface area contributed by atoms with E-state index in [-0.39, 0.29) is 6.61 Å². The summed E-state index contributed by atoms with van der Waals surface area (Å²) in [5, 5.41) is 9.58. The average molecular weight is 363 g/mol. The van der Waals surface area contributed by atoms with Gasteiger partial charge in [0.15, 0.2) is 0 Å². The molecule has 0 spiro atoms. The van der Waals surface area contributed by atoms with Gasteiger partial charge in [-0.25, -0.2) is 0 Å². The highest BCUT2D eigenvalue weighted by Gasteiger charge is 2.32. The number of rotatable bonds is 7. The van der Waals surface area contributed by atoms with E-state index in [1.54, 1.807) is 14.2 Å². The minimum Gasteiger partial charge on any atom is -0.497 e. The van der Waals surface area contributed by atoms with Gasteiger partial charge < -0.3 is 14.6 Å². The van der Waals surface area contributed by atoms with Crippen molar-refractivity contribution in [1.82, 2.24) is 9.80 Å². The van der Waals surface area contributed by atoms with E-state index in [2.05, 4.69) is 15.9 Å². The zero-order valence-corrected chi connectivity index (χ0v) is 16.3. The van der Waals surface area contributed by atoms with Crippen molar-refractivity contribution in [3.63, 3.8) is 0 Å². The van der Waals surface area contributed by atoms with E-state index in [1.165, 1.54) is 37.7 Å². The van der Waals surface area contributed by atoms with Gasteiger partial charge in [0.2, 0.25) is 0 Å². The largest absolute Gasteiger partial charge is 0.497 e. The molecule has 0 aromatic heterocycles. The molecule has 2 fully saturated rings. The van der Waals surface area contributed by atoms with Crippen LogP contribution in [0.15, 0.2) is 18.2 Å². The third-order valence-electron chi connectivity index (χ3n) is 6.00. The van der Waals surface area contributed by atoms with Gasteiger partial charge in [-0.2, -0.15) is 0 Å². The second kappa shape index (κ2) is 9.58. The fraction of sp³-hybridized carbons (Fsp3) is 0.714. The van der Waals surface area contributed by atoms with E-state index in [1.807, 2.05) is 12.1 Å². The molecule has 1 aliphatic heterocycles. The van der Waals surface area contributed by atoms with Gasteiger partial charge in [0, 0.05) is 50.4 Å². The molecule has 1 aliphatic carbocycles. The van der Waals surface area contributed by atoms with Crippen molar-refractivity contribution >= 4 is 0 Å². The Kier molecular flexibility index (Phi) is 7.17. The molecule has 3 rings (SSSR count). The first-order valence-corrected chi connectivity index (χ1v) is 10.0. The number of benzene rings is 1. The van der Waals surface area contributed by atoms with Crippen LogP contribution in [0.3, 0.4) is 0 Å². The van der Waals surface area contributed by atoms with E-state index in [9.17, 15) is 5.11 Å². The van der Waals surface area contributed by atoms with Gasteiger partial charge in [-0.05, 0) is 37.5 Å². The minimum absolute atomic E-state index is 0.268. The van der Waals surface area contributed by atoms with E-state index >= 15 is 0 Å². The lowest BCUT2D eigenvalue weighted by molar-refractivity contribution is 0.0134. The van der Waals surface area contributed by atoms with E-state index in [0.717, 1.165) is 44.1 Å². The number of ether oxygens (including phenoxy) is 2. The molecule has 2 aliphatic rings. The molecule has 1 heterocycles. The first-order valence-electron chi connectivity index (χ1n) is 10.0. The SMILES string of the molecule is COc1ccc(OC)c(CN2CCN(C3CCCCC3)C(CCO)C2)c1. The fourth-order valence-electron chi connectivity index (χ4n) is 4.62. The topological polar surface area (TPSA) is 45.2 Å². The molecule has 1 aromatic rings.